The fraction of sp³-hybridized carbons (Fsp3) is 0.278. The van der Waals surface area contributed by atoms with Crippen LogP contribution < -0.4 is 5.43 Å². The van der Waals surface area contributed by atoms with Gasteiger partial charge in [-0.1, -0.05) is 55.8 Å². The molecule has 0 fully saturated rings. The molecule has 110 valence electrons. The minimum absolute atomic E-state index is 0.632. The van der Waals surface area contributed by atoms with Crippen LogP contribution in [0.1, 0.15) is 30.9 Å². The van der Waals surface area contributed by atoms with E-state index in [0.717, 1.165) is 36.3 Å². The number of benzene rings is 2. The molecule has 0 aliphatic heterocycles. The minimum atomic E-state index is 0.632. The van der Waals surface area contributed by atoms with Gasteiger partial charge in [0.2, 0.25) is 0 Å². The van der Waals surface area contributed by atoms with Crippen molar-refractivity contribution in [1.29, 1.82) is 0 Å². The highest BCUT2D eigenvalue weighted by Gasteiger charge is 1.99. The van der Waals surface area contributed by atoms with Crippen molar-refractivity contribution in [3.63, 3.8) is 0 Å². The van der Waals surface area contributed by atoms with Gasteiger partial charge in [0, 0.05) is 12.2 Å². The summed E-state index contributed by atoms with van der Waals surface area (Å²) in [6.45, 7) is 3.61. The second-order valence-corrected chi connectivity index (χ2v) is 4.84. The second-order valence-electron chi connectivity index (χ2n) is 4.84. The van der Waals surface area contributed by atoms with Crippen LogP contribution in [0, 0.1) is 0 Å². The maximum Gasteiger partial charge on any atom is 0.0723 e. The quantitative estimate of drug-likeness (QED) is 0.441. The first-order chi connectivity index (χ1) is 10.4. The second kappa shape index (κ2) is 8.93. The Labute approximate surface area is 126 Å². The Morgan fingerprint density at radius 2 is 1.81 bits per heavy atom. The number of para-hydroxylation sites is 1. The average Bonchev–Trinajstić information content (AvgIpc) is 2.54. The van der Waals surface area contributed by atoms with E-state index >= 15 is 0 Å². The molecule has 0 heterocycles. The van der Waals surface area contributed by atoms with Gasteiger partial charge in [0.05, 0.1) is 18.5 Å². The zero-order valence-electron chi connectivity index (χ0n) is 12.5. The van der Waals surface area contributed by atoms with Crippen LogP contribution in [0.3, 0.4) is 0 Å². The van der Waals surface area contributed by atoms with Gasteiger partial charge in [-0.05, 0) is 24.1 Å². The molecule has 0 radical (unpaired) electrons. The predicted molar refractivity (Wildman–Crippen MR) is 88.7 cm³/mol. The Hall–Kier alpha value is -2.13. The molecule has 0 saturated carbocycles. The van der Waals surface area contributed by atoms with Crippen molar-refractivity contribution >= 4 is 11.9 Å². The lowest BCUT2D eigenvalue weighted by Gasteiger charge is -2.07. The van der Waals surface area contributed by atoms with Gasteiger partial charge in [-0.15, -0.1) is 0 Å². The normalized spacial score (nSPS) is 10.9. The van der Waals surface area contributed by atoms with Crippen molar-refractivity contribution in [2.75, 3.05) is 12.0 Å². The van der Waals surface area contributed by atoms with Crippen molar-refractivity contribution in [3.8, 4) is 0 Å². The van der Waals surface area contributed by atoms with Crippen molar-refractivity contribution < 1.29 is 4.74 Å². The van der Waals surface area contributed by atoms with Crippen molar-refractivity contribution in [3.05, 3.63) is 65.7 Å². The van der Waals surface area contributed by atoms with Gasteiger partial charge in [-0.25, -0.2) is 0 Å². The molecule has 2 aromatic carbocycles. The van der Waals surface area contributed by atoms with Crippen molar-refractivity contribution in [2.24, 2.45) is 5.10 Å². The van der Waals surface area contributed by atoms with Crippen LogP contribution in [0.2, 0.25) is 0 Å². The van der Waals surface area contributed by atoms with E-state index in [2.05, 4.69) is 29.6 Å². The molecule has 0 bridgehead atoms. The smallest absolute Gasteiger partial charge is 0.0723 e. The average molecular weight is 282 g/mol. The molecular formula is C18H22N2O. The number of hydrogen-bond donors (Lipinski definition) is 1. The molecule has 0 amide bonds. The van der Waals surface area contributed by atoms with Gasteiger partial charge in [-0.3, -0.25) is 5.43 Å². The molecule has 2 aromatic rings. The maximum absolute atomic E-state index is 5.68. The molecule has 0 atom stereocenters. The number of ether oxygens (including phenoxy) is 1. The molecule has 0 spiro atoms. The summed E-state index contributed by atoms with van der Waals surface area (Å²) < 4.78 is 5.68. The number of rotatable bonds is 8. The minimum Gasteiger partial charge on any atom is -0.377 e. The van der Waals surface area contributed by atoms with Crippen LogP contribution in [0.25, 0.3) is 0 Å². The molecule has 3 heteroatoms. The standard InChI is InChI=1S/C18H22N2O/c1-2-3-13-21-15-17-10-8-7-9-16(17)14-19-20-18-11-5-4-6-12-18/h4-12,14,20H,2-3,13,15H2,1H3. The van der Waals surface area contributed by atoms with Crippen molar-refractivity contribution in [1.82, 2.24) is 0 Å². The Morgan fingerprint density at radius 3 is 2.62 bits per heavy atom. The summed E-state index contributed by atoms with van der Waals surface area (Å²) in [5.41, 5.74) is 6.24. The van der Waals surface area contributed by atoms with Gasteiger partial charge >= 0.3 is 0 Å². The maximum atomic E-state index is 5.68. The van der Waals surface area contributed by atoms with Crippen LogP contribution in [0.4, 0.5) is 5.69 Å². The molecule has 0 aliphatic carbocycles. The van der Waals surface area contributed by atoms with Gasteiger partial charge < -0.3 is 4.74 Å². The lowest BCUT2D eigenvalue weighted by Crippen LogP contribution is -1.99. The number of nitrogens with one attached hydrogen (secondary N) is 1. The van der Waals surface area contributed by atoms with Gasteiger partial charge in [0.25, 0.3) is 0 Å². The SMILES string of the molecule is CCCCOCc1ccccc1C=NNc1ccccc1. The summed E-state index contributed by atoms with van der Waals surface area (Å²) in [5.74, 6) is 0. The molecule has 2 rings (SSSR count). The van der Waals surface area contributed by atoms with Gasteiger partial charge in [-0.2, -0.15) is 5.10 Å². The van der Waals surface area contributed by atoms with Crippen LogP contribution in [0.15, 0.2) is 59.7 Å². The summed E-state index contributed by atoms with van der Waals surface area (Å²) in [4.78, 5) is 0. The first-order valence-corrected chi connectivity index (χ1v) is 7.40. The van der Waals surface area contributed by atoms with E-state index in [1.807, 2.05) is 48.7 Å². The third kappa shape index (κ3) is 5.40. The summed E-state index contributed by atoms with van der Waals surface area (Å²) in [7, 11) is 0. The summed E-state index contributed by atoms with van der Waals surface area (Å²) in [6.07, 6.45) is 4.10. The summed E-state index contributed by atoms with van der Waals surface area (Å²) in [5, 5.41) is 4.29. The van der Waals surface area contributed by atoms with Gasteiger partial charge in [0.1, 0.15) is 0 Å². The lowest BCUT2D eigenvalue weighted by atomic mass is 10.1. The predicted octanol–water partition coefficient (Wildman–Crippen LogP) is 4.45. The van der Waals surface area contributed by atoms with E-state index in [1.54, 1.807) is 0 Å². The first-order valence-electron chi connectivity index (χ1n) is 7.40. The Balaban J connectivity index is 1.92. The van der Waals surface area contributed by atoms with E-state index in [-0.39, 0.29) is 0 Å². The number of hydrogen-bond acceptors (Lipinski definition) is 3. The molecule has 1 N–H and O–H groups in total. The highest BCUT2D eigenvalue weighted by Crippen LogP contribution is 2.09. The molecule has 21 heavy (non-hydrogen) atoms. The first kappa shape index (κ1) is 15.3. The fourth-order valence-electron chi connectivity index (χ4n) is 1.91. The Morgan fingerprint density at radius 1 is 1.05 bits per heavy atom. The number of hydrazone groups is 1. The highest BCUT2D eigenvalue weighted by molar-refractivity contribution is 5.82. The van der Waals surface area contributed by atoms with E-state index < -0.39 is 0 Å². The Bertz CT molecular complexity index is 552. The topological polar surface area (TPSA) is 33.6 Å². The van der Waals surface area contributed by atoms with Crippen LogP contribution in [-0.2, 0) is 11.3 Å². The zero-order chi connectivity index (χ0) is 14.8. The lowest BCUT2D eigenvalue weighted by molar-refractivity contribution is 0.118. The summed E-state index contributed by atoms with van der Waals surface area (Å²) in [6, 6.07) is 18.1. The third-order valence-corrected chi connectivity index (χ3v) is 3.13. The number of unbranched alkanes of at least 4 members (excludes halogenated alkanes) is 1. The van der Waals surface area contributed by atoms with Crippen LogP contribution in [0.5, 0.6) is 0 Å². The molecule has 0 saturated heterocycles. The van der Waals surface area contributed by atoms with E-state index in [9.17, 15) is 0 Å². The zero-order valence-corrected chi connectivity index (χ0v) is 12.5. The molecular weight excluding hydrogens is 260 g/mol. The highest BCUT2D eigenvalue weighted by atomic mass is 16.5. The molecule has 0 aromatic heterocycles. The van der Waals surface area contributed by atoms with E-state index in [1.165, 1.54) is 0 Å². The van der Waals surface area contributed by atoms with E-state index in [4.69, 9.17) is 4.74 Å². The molecule has 0 aliphatic rings. The largest absolute Gasteiger partial charge is 0.377 e. The summed E-state index contributed by atoms with van der Waals surface area (Å²) >= 11 is 0. The number of nitrogens with zero attached hydrogens (tertiary/aromatic N) is 1. The van der Waals surface area contributed by atoms with Crippen LogP contribution >= 0.6 is 0 Å². The number of anilines is 1. The van der Waals surface area contributed by atoms with E-state index in [0.29, 0.717) is 6.61 Å². The molecule has 0 unspecified atom stereocenters. The Kier molecular flexibility index (Phi) is 6.49. The van der Waals surface area contributed by atoms with Crippen molar-refractivity contribution in [2.45, 2.75) is 26.4 Å². The fourth-order valence-corrected chi connectivity index (χ4v) is 1.91. The van der Waals surface area contributed by atoms with Crippen LogP contribution in [-0.4, -0.2) is 12.8 Å². The molecule has 3 nitrogen and oxygen atoms in total. The monoisotopic (exact) mass is 282 g/mol. The third-order valence-electron chi connectivity index (χ3n) is 3.13. The van der Waals surface area contributed by atoms with Gasteiger partial charge in [0.15, 0.2) is 0 Å².